The van der Waals surface area contributed by atoms with Gasteiger partial charge in [-0.2, -0.15) is 10.2 Å². The fourth-order valence-corrected chi connectivity index (χ4v) is 7.67. The molecule has 0 radical (unpaired) electrons. The van der Waals surface area contributed by atoms with Gasteiger partial charge in [-0.25, -0.2) is 0 Å². The number of benzene rings is 1. The van der Waals surface area contributed by atoms with E-state index in [0.29, 0.717) is 61.6 Å². The average Bonchev–Trinajstić information content (AvgIpc) is 3.31. The van der Waals surface area contributed by atoms with Crippen LogP contribution in [0, 0.1) is 23.7 Å². The highest BCUT2D eigenvalue weighted by Crippen LogP contribution is 2.70. The standard InChI is InChI=1S/C18H14Cl4N2/c19-13-9-7-4-8(10(9)14(20)16(22)15(13)21)12-11(7)17-5-2-1-3-6(5)18(12)24-23-17/h1-2,5-8,11-12,17-18H,3-4H2/t5-,6+,7-,8-,11-,12+,17+,18+/m1/s1. The molecule has 0 saturated heterocycles. The van der Waals surface area contributed by atoms with Crippen LogP contribution in [-0.2, 0) is 0 Å². The van der Waals surface area contributed by atoms with Crippen LogP contribution in [0.3, 0.4) is 0 Å². The number of rotatable bonds is 0. The maximum Gasteiger partial charge on any atom is 0.0811 e. The van der Waals surface area contributed by atoms with Gasteiger partial charge in [0.15, 0.2) is 0 Å². The van der Waals surface area contributed by atoms with E-state index in [1.165, 1.54) is 0 Å². The van der Waals surface area contributed by atoms with Gasteiger partial charge in [-0.05, 0) is 53.6 Å². The zero-order chi connectivity index (χ0) is 16.3. The van der Waals surface area contributed by atoms with E-state index in [9.17, 15) is 0 Å². The fraction of sp³-hybridized carbons (Fsp3) is 0.556. The molecule has 2 heterocycles. The summed E-state index contributed by atoms with van der Waals surface area (Å²) in [5, 5.41) is 11.4. The second-order valence-electron chi connectivity index (χ2n) is 7.80. The molecule has 2 aliphatic heterocycles. The van der Waals surface area contributed by atoms with Gasteiger partial charge in [-0.15, -0.1) is 0 Å². The molecule has 0 N–H and O–H groups in total. The maximum atomic E-state index is 6.61. The second kappa shape index (κ2) is 4.71. The monoisotopic (exact) mass is 398 g/mol. The second-order valence-corrected chi connectivity index (χ2v) is 9.32. The van der Waals surface area contributed by atoms with E-state index < -0.39 is 0 Å². The Balaban J connectivity index is 1.57. The van der Waals surface area contributed by atoms with E-state index in [2.05, 4.69) is 12.2 Å². The molecule has 7 rings (SSSR count). The van der Waals surface area contributed by atoms with Crippen LogP contribution in [0.2, 0.25) is 20.1 Å². The van der Waals surface area contributed by atoms with Crippen molar-refractivity contribution >= 4 is 46.4 Å². The summed E-state index contributed by atoms with van der Waals surface area (Å²) in [6, 6.07) is 0.601. The highest BCUT2D eigenvalue weighted by Gasteiger charge is 2.65. The van der Waals surface area contributed by atoms with Crippen molar-refractivity contribution in [1.82, 2.24) is 0 Å². The predicted octanol–water partition coefficient (Wildman–Crippen LogP) is 6.53. The van der Waals surface area contributed by atoms with Crippen LogP contribution in [0.4, 0.5) is 0 Å². The molecule has 8 atom stereocenters. The molecule has 6 heteroatoms. The number of halogens is 4. The Morgan fingerprint density at radius 3 is 2.04 bits per heavy atom. The number of hydrogen-bond acceptors (Lipinski definition) is 2. The third kappa shape index (κ3) is 1.50. The molecular weight excluding hydrogens is 386 g/mol. The van der Waals surface area contributed by atoms with Crippen LogP contribution in [0.5, 0.6) is 0 Å². The largest absolute Gasteiger partial charge is 0.190 e. The van der Waals surface area contributed by atoms with Crippen LogP contribution in [0.25, 0.3) is 0 Å². The molecule has 0 aromatic heterocycles. The maximum absolute atomic E-state index is 6.61. The lowest BCUT2D eigenvalue weighted by molar-refractivity contribution is 0.0539. The van der Waals surface area contributed by atoms with Gasteiger partial charge in [-0.1, -0.05) is 58.6 Å². The first kappa shape index (κ1) is 14.8. The molecule has 6 aliphatic rings. The topological polar surface area (TPSA) is 24.7 Å². The van der Waals surface area contributed by atoms with Gasteiger partial charge >= 0.3 is 0 Å². The van der Waals surface area contributed by atoms with E-state index in [1.54, 1.807) is 0 Å². The van der Waals surface area contributed by atoms with Crippen molar-refractivity contribution in [3.05, 3.63) is 43.4 Å². The third-order valence-electron chi connectivity index (χ3n) is 7.18. The summed E-state index contributed by atoms with van der Waals surface area (Å²) in [7, 11) is 0. The third-order valence-corrected chi connectivity index (χ3v) is 9.01. The summed E-state index contributed by atoms with van der Waals surface area (Å²) in [6.07, 6.45) is 6.90. The summed E-state index contributed by atoms with van der Waals surface area (Å²) in [6.45, 7) is 0. The van der Waals surface area contributed by atoms with Gasteiger partial charge < -0.3 is 0 Å². The van der Waals surface area contributed by atoms with Gasteiger partial charge in [0.1, 0.15) is 0 Å². The molecule has 24 heavy (non-hydrogen) atoms. The smallest absolute Gasteiger partial charge is 0.0811 e. The Hall–Kier alpha value is -0.280. The summed E-state index contributed by atoms with van der Waals surface area (Å²) < 4.78 is 0. The average molecular weight is 400 g/mol. The summed E-state index contributed by atoms with van der Waals surface area (Å²) in [5.74, 6) is 2.98. The van der Waals surface area contributed by atoms with Crippen molar-refractivity contribution < 1.29 is 0 Å². The highest BCUT2D eigenvalue weighted by molar-refractivity contribution is 6.52. The quantitative estimate of drug-likeness (QED) is 0.269. The van der Waals surface area contributed by atoms with Gasteiger partial charge in [0.25, 0.3) is 0 Å². The number of fused-ring (bicyclic) bond motifs is 5. The number of azo groups is 1. The first-order valence-corrected chi connectivity index (χ1v) is 10.0. The number of hydrogen-bond donors (Lipinski definition) is 0. The minimum Gasteiger partial charge on any atom is -0.190 e. The van der Waals surface area contributed by atoms with Crippen LogP contribution < -0.4 is 0 Å². The van der Waals surface area contributed by atoms with Gasteiger partial charge in [0.2, 0.25) is 0 Å². The zero-order valence-corrected chi connectivity index (χ0v) is 15.6. The van der Waals surface area contributed by atoms with Crippen molar-refractivity contribution in [2.24, 2.45) is 33.9 Å². The number of nitrogens with zero attached hydrogens (tertiary/aromatic N) is 2. The molecule has 0 spiro atoms. The van der Waals surface area contributed by atoms with Crippen molar-refractivity contribution in [2.75, 3.05) is 0 Å². The molecule has 2 fully saturated rings. The van der Waals surface area contributed by atoms with E-state index in [0.717, 1.165) is 24.0 Å². The molecular formula is C18H14Cl4N2. The van der Waals surface area contributed by atoms with Crippen molar-refractivity contribution in [3.8, 4) is 0 Å². The lowest BCUT2D eigenvalue weighted by Gasteiger charge is -2.51. The summed E-state index contributed by atoms with van der Waals surface area (Å²) >= 11 is 25.9. The minimum atomic E-state index is 0.288. The Bertz CT molecular complexity index is 848. The molecule has 0 amide bonds. The van der Waals surface area contributed by atoms with Crippen molar-refractivity contribution in [1.29, 1.82) is 0 Å². The Labute approximate surface area is 160 Å². The van der Waals surface area contributed by atoms with Crippen molar-refractivity contribution in [3.63, 3.8) is 0 Å². The molecule has 2 saturated carbocycles. The Kier molecular flexibility index (Phi) is 2.91. The van der Waals surface area contributed by atoms with E-state index >= 15 is 0 Å². The SMILES string of the molecule is Clc1c(Cl)c(Cl)c2c(c1Cl)[C@H]1C[C@H]2[C@H]2[C@H]3N=N[C@@H]([C@H]4CC=C[C@H]43)[C@H]21. The molecule has 2 nitrogen and oxygen atoms in total. The van der Waals surface area contributed by atoms with E-state index in [1.807, 2.05) is 0 Å². The summed E-state index contributed by atoms with van der Waals surface area (Å²) in [5.41, 5.74) is 2.29. The molecule has 0 unspecified atom stereocenters. The predicted molar refractivity (Wildman–Crippen MR) is 96.7 cm³/mol. The van der Waals surface area contributed by atoms with Crippen molar-refractivity contribution in [2.45, 2.75) is 36.8 Å². The van der Waals surface area contributed by atoms with Crippen LogP contribution in [-0.4, -0.2) is 12.1 Å². The summed E-state index contributed by atoms with van der Waals surface area (Å²) in [4.78, 5) is 0. The first-order chi connectivity index (χ1) is 11.6. The molecule has 124 valence electrons. The van der Waals surface area contributed by atoms with Crippen LogP contribution in [0.15, 0.2) is 22.4 Å². The molecule has 1 aromatic rings. The zero-order valence-electron chi connectivity index (χ0n) is 12.6. The van der Waals surface area contributed by atoms with Crippen LogP contribution >= 0.6 is 46.4 Å². The van der Waals surface area contributed by atoms with Crippen LogP contribution in [0.1, 0.15) is 35.8 Å². The van der Waals surface area contributed by atoms with Gasteiger partial charge in [-0.3, -0.25) is 0 Å². The highest BCUT2D eigenvalue weighted by atomic mass is 35.5. The Morgan fingerprint density at radius 1 is 0.792 bits per heavy atom. The van der Waals surface area contributed by atoms with Gasteiger partial charge in [0.05, 0.1) is 32.2 Å². The Morgan fingerprint density at radius 2 is 1.38 bits per heavy atom. The first-order valence-electron chi connectivity index (χ1n) is 8.52. The minimum absolute atomic E-state index is 0.288. The molecule has 4 bridgehead atoms. The fourth-order valence-electron chi connectivity index (χ4n) is 6.51. The normalized spacial score (nSPS) is 45.7. The molecule has 4 aliphatic carbocycles. The molecule has 1 aromatic carbocycles. The van der Waals surface area contributed by atoms with E-state index in [4.69, 9.17) is 56.6 Å². The van der Waals surface area contributed by atoms with E-state index in [-0.39, 0.29) is 6.04 Å². The lowest BCUT2D eigenvalue weighted by atomic mass is 9.57. The number of allylic oxidation sites excluding steroid dienone is 1. The lowest BCUT2D eigenvalue weighted by Crippen LogP contribution is -2.53. The van der Waals surface area contributed by atoms with Gasteiger partial charge in [0, 0.05) is 5.92 Å².